The molecular formula is C6H17BNO13P3. The molecule has 6 N–H and O–H groups in total. The van der Waals surface area contributed by atoms with E-state index in [1.807, 2.05) is 0 Å². The Morgan fingerprint density at radius 2 is 1.75 bits per heavy atom. The number of phosphoric ester groups is 1. The van der Waals surface area contributed by atoms with E-state index < -0.39 is 42.3 Å². The summed E-state index contributed by atoms with van der Waals surface area (Å²) in [5.74, 6) is 4.81. The molecule has 0 spiro atoms. The van der Waals surface area contributed by atoms with Gasteiger partial charge in [-0.3, -0.25) is 9.36 Å². The second-order valence-electron chi connectivity index (χ2n) is 4.60. The lowest BCUT2D eigenvalue weighted by Crippen LogP contribution is -2.30. The van der Waals surface area contributed by atoms with Gasteiger partial charge in [-0.15, -0.1) is 0 Å². The Morgan fingerprint density at radius 1 is 1.12 bits per heavy atom. The van der Waals surface area contributed by atoms with Gasteiger partial charge in [-0.25, -0.2) is 19.6 Å². The summed E-state index contributed by atoms with van der Waals surface area (Å²) in [6, 6.07) is -0.276. The molecule has 1 rings (SSSR count). The van der Waals surface area contributed by atoms with Gasteiger partial charge in [0, 0.05) is 6.00 Å². The van der Waals surface area contributed by atoms with Crippen molar-refractivity contribution in [3.05, 3.63) is 0 Å². The average molecular weight is 415 g/mol. The predicted octanol–water partition coefficient (Wildman–Crippen LogP) is -1.69. The lowest BCUT2D eigenvalue weighted by atomic mass is 9.96. The highest BCUT2D eigenvalue weighted by atomic mass is 31.3. The summed E-state index contributed by atoms with van der Waals surface area (Å²) in [6.07, 6.45) is -1.05. The van der Waals surface area contributed by atoms with Crippen molar-refractivity contribution < 1.29 is 60.7 Å². The van der Waals surface area contributed by atoms with Crippen LogP contribution in [0.15, 0.2) is 0 Å². The van der Waals surface area contributed by atoms with Crippen LogP contribution in [0.4, 0.5) is 0 Å². The van der Waals surface area contributed by atoms with Crippen LogP contribution >= 0.6 is 23.5 Å². The van der Waals surface area contributed by atoms with Gasteiger partial charge in [-0.2, -0.15) is 8.62 Å². The predicted molar refractivity (Wildman–Crippen MR) is 76.7 cm³/mol. The van der Waals surface area contributed by atoms with Gasteiger partial charge in [0.05, 0.1) is 12.7 Å². The van der Waals surface area contributed by atoms with E-state index in [0.717, 1.165) is 0 Å². The fourth-order valence-corrected chi connectivity index (χ4v) is 4.87. The Bertz CT molecular complexity index is 554. The first kappa shape index (κ1) is 22.4. The van der Waals surface area contributed by atoms with E-state index in [4.69, 9.17) is 30.1 Å². The standard InChI is InChI=1S/C6H17BNO13P3/c7-6-1-4(16-3-17-8)5(19-6)2-18-23(12,13)21-24(14,15)20-22(9,10)11/h4-6H,1-3,7-8H2,(H,12,13)(H,14,15)(H2,9,10,11)/t4-,5-,6-/m1/s1. The van der Waals surface area contributed by atoms with Crippen LogP contribution in [0.5, 0.6) is 0 Å². The van der Waals surface area contributed by atoms with Crippen LogP contribution < -0.4 is 5.90 Å². The van der Waals surface area contributed by atoms with Gasteiger partial charge in [0.2, 0.25) is 0 Å². The summed E-state index contributed by atoms with van der Waals surface area (Å²) >= 11 is 0. The van der Waals surface area contributed by atoms with E-state index in [-0.39, 0.29) is 12.8 Å². The van der Waals surface area contributed by atoms with Gasteiger partial charge in [0.25, 0.3) is 0 Å². The lowest BCUT2D eigenvalue weighted by Gasteiger charge is -2.21. The van der Waals surface area contributed by atoms with Crippen LogP contribution in [0.25, 0.3) is 0 Å². The third-order valence-corrected chi connectivity index (χ3v) is 6.36. The molecule has 0 amide bonds. The third-order valence-electron chi connectivity index (χ3n) is 2.55. The summed E-state index contributed by atoms with van der Waals surface area (Å²) < 4.78 is 55.4. The van der Waals surface area contributed by atoms with E-state index in [9.17, 15) is 18.6 Å². The minimum Gasteiger partial charge on any atom is -0.379 e. The maximum absolute atomic E-state index is 11.6. The molecule has 0 aromatic heterocycles. The van der Waals surface area contributed by atoms with Crippen LogP contribution in [-0.2, 0) is 41.2 Å². The minimum atomic E-state index is -5.55. The van der Waals surface area contributed by atoms with Crippen molar-refractivity contribution in [2.24, 2.45) is 5.90 Å². The average Bonchev–Trinajstić information content (AvgIpc) is 2.70. The quantitative estimate of drug-likeness (QED) is 0.117. The molecule has 0 bridgehead atoms. The van der Waals surface area contributed by atoms with Gasteiger partial charge < -0.3 is 29.0 Å². The first-order valence-electron chi connectivity index (χ1n) is 6.20. The zero-order valence-electron chi connectivity index (χ0n) is 12.2. The van der Waals surface area contributed by atoms with Crippen LogP contribution in [0.3, 0.4) is 0 Å². The maximum atomic E-state index is 11.6. The van der Waals surface area contributed by atoms with Crippen molar-refractivity contribution in [2.45, 2.75) is 24.6 Å². The molecule has 0 aromatic carbocycles. The molecule has 24 heavy (non-hydrogen) atoms. The van der Waals surface area contributed by atoms with Crippen molar-refractivity contribution in [1.29, 1.82) is 0 Å². The van der Waals surface area contributed by atoms with Crippen LogP contribution in [0.1, 0.15) is 6.42 Å². The highest BCUT2D eigenvalue weighted by Gasteiger charge is 2.42. The number of nitrogens with two attached hydrogens (primary N) is 1. The number of hydrogen-bond acceptors (Lipinski definition) is 10. The highest BCUT2D eigenvalue weighted by molar-refractivity contribution is 7.66. The topological polar surface area (TPSA) is 214 Å². The fourth-order valence-electron chi connectivity index (χ4n) is 1.84. The molecule has 0 aliphatic carbocycles. The zero-order chi connectivity index (χ0) is 18.6. The first-order valence-corrected chi connectivity index (χ1v) is 10.7. The molecule has 142 valence electrons. The maximum Gasteiger partial charge on any atom is 0.490 e. The Hall–Kier alpha value is 0.315. The number of hydrogen-bond donors (Lipinski definition) is 5. The van der Waals surface area contributed by atoms with Crippen molar-refractivity contribution in [3.8, 4) is 0 Å². The number of rotatable bonds is 10. The van der Waals surface area contributed by atoms with Crippen molar-refractivity contribution >= 4 is 31.3 Å². The monoisotopic (exact) mass is 415 g/mol. The number of ether oxygens (including phenoxy) is 2. The van der Waals surface area contributed by atoms with E-state index in [1.165, 1.54) is 0 Å². The van der Waals surface area contributed by atoms with E-state index in [2.05, 4.69) is 18.0 Å². The molecule has 1 heterocycles. The second kappa shape index (κ2) is 8.80. The molecule has 14 nitrogen and oxygen atoms in total. The van der Waals surface area contributed by atoms with Crippen LogP contribution in [-0.4, -0.2) is 59.0 Å². The zero-order valence-corrected chi connectivity index (χ0v) is 14.9. The van der Waals surface area contributed by atoms with Gasteiger partial charge in [-0.1, -0.05) is 0 Å². The Labute approximate surface area is 137 Å². The van der Waals surface area contributed by atoms with Crippen molar-refractivity contribution in [2.75, 3.05) is 13.4 Å². The fraction of sp³-hybridized carbons (Fsp3) is 1.00. The van der Waals surface area contributed by atoms with Crippen molar-refractivity contribution in [3.63, 3.8) is 0 Å². The summed E-state index contributed by atoms with van der Waals surface area (Å²) in [7, 11) is -14.5. The molecule has 0 radical (unpaired) electrons. The van der Waals surface area contributed by atoms with Gasteiger partial charge in [0.1, 0.15) is 14.0 Å². The molecule has 2 unspecified atom stereocenters. The SMILES string of the molecule is B[C@H]1C[C@@H](OCON)[C@@H](COP(=O)(O)OP(=O)(O)OP(=O)(O)O)O1. The molecule has 0 saturated carbocycles. The Balaban J connectivity index is 2.59. The molecule has 0 aromatic rings. The molecule has 1 saturated heterocycles. The Kier molecular flexibility index (Phi) is 8.20. The molecule has 1 aliphatic rings. The third kappa shape index (κ3) is 8.61. The highest BCUT2D eigenvalue weighted by Crippen LogP contribution is 2.66. The van der Waals surface area contributed by atoms with E-state index in [1.54, 1.807) is 7.85 Å². The van der Waals surface area contributed by atoms with Gasteiger partial charge in [-0.05, 0) is 6.42 Å². The molecule has 5 atom stereocenters. The van der Waals surface area contributed by atoms with Crippen LogP contribution in [0, 0.1) is 0 Å². The largest absolute Gasteiger partial charge is 0.490 e. The normalized spacial score (nSPS) is 30.0. The summed E-state index contributed by atoms with van der Waals surface area (Å²) in [4.78, 5) is 39.4. The molecule has 18 heteroatoms. The number of phosphoric acid groups is 3. The second-order valence-corrected chi connectivity index (χ2v) is 9.02. The summed E-state index contributed by atoms with van der Waals surface area (Å²) in [5.41, 5.74) is 0. The molecule has 1 aliphatic heterocycles. The van der Waals surface area contributed by atoms with Crippen molar-refractivity contribution in [1.82, 2.24) is 0 Å². The minimum absolute atomic E-state index is 0.271. The molecular weight excluding hydrogens is 398 g/mol. The summed E-state index contributed by atoms with van der Waals surface area (Å²) in [6.45, 7) is -0.865. The first-order chi connectivity index (χ1) is 10.8. The Morgan fingerprint density at radius 3 is 2.29 bits per heavy atom. The lowest BCUT2D eigenvalue weighted by molar-refractivity contribution is -0.115. The smallest absolute Gasteiger partial charge is 0.379 e. The molecule has 1 fully saturated rings. The summed E-state index contributed by atoms with van der Waals surface area (Å²) in [5, 5.41) is 0. The van der Waals surface area contributed by atoms with E-state index in [0.29, 0.717) is 6.42 Å². The van der Waals surface area contributed by atoms with Gasteiger partial charge >= 0.3 is 23.5 Å². The van der Waals surface area contributed by atoms with Crippen LogP contribution in [0.2, 0.25) is 0 Å². The van der Waals surface area contributed by atoms with E-state index >= 15 is 0 Å². The van der Waals surface area contributed by atoms with Gasteiger partial charge in [0.15, 0.2) is 6.79 Å².